The molecule has 0 aromatic heterocycles. The van der Waals surface area contributed by atoms with Crippen LogP contribution in [0.3, 0.4) is 0 Å². The number of hydrogen-bond acceptors (Lipinski definition) is 4. The summed E-state index contributed by atoms with van der Waals surface area (Å²) in [6.07, 6.45) is 0.750. The first-order chi connectivity index (χ1) is 16.8. The maximum atomic E-state index is 13.8. The lowest BCUT2D eigenvalue weighted by atomic mass is 10.1. The van der Waals surface area contributed by atoms with Gasteiger partial charge in [0.15, 0.2) is 0 Å². The molecule has 0 aliphatic heterocycles. The maximum Gasteiger partial charge on any atom is 0.304 e. The molecule has 0 radical (unpaired) electrons. The predicted octanol–water partition coefficient (Wildman–Crippen LogP) is 4.01. The van der Waals surface area contributed by atoms with Crippen molar-refractivity contribution in [3.8, 4) is 0 Å². The molecule has 2 aromatic carbocycles. The number of hydrogen-bond donors (Lipinski definition) is 1. The number of anilines is 1. The standard InChI is InChI=1S/C26H37BrN4O4S/c1-8-20(4)28-26(33)21(5)30(16-22-10-9-11-23(27)15-22)25(32)17-31(36(34,35)29(6)7)24-14-18(2)12-13-19(24)3/h9-15,20-21H,8,16-17H2,1-7H3,(H,28,33)/t20-,21-/m0/s1. The van der Waals surface area contributed by atoms with E-state index in [4.69, 9.17) is 0 Å². The third kappa shape index (κ3) is 7.54. The molecule has 0 fully saturated rings. The van der Waals surface area contributed by atoms with Gasteiger partial charge >= 0.3 is 10.2 Å². The second-order valence-electron chi connectivity index (χ2n) is 9.23. The second-order valence-corrected chi connectivity index (χ2v) is 12.2. The van der Waals surface area contributed by atoms with Crippen molar-refractivity contribution >= 4 is 43.6 Å². The van der Waals surface area contributed by atoms with E-state index in [-0.39, 0.29) is 18.5 Å². The second kappa shape index (κ2) is 12.7. The van der Waals surface area contributed by atoms with Gasteiger partial charge in [0.05, 0.1) is 5.69 Å². The quantitative estimate of drug-likeness (QED) is 0.435. The molecular formula is C26H37BrN4O4S. The summed E-state index contributed by atoms with van der Waals surface area (Å²) < 4.78 is 29.7. The van der Waals surface area contributed by atoms with Crippen molar-refractivity contribution in [1.82, 2.24) is 14.5 Å². The molecule has 1 N–H and O–H groups in total. The van der Waals surface area contributed by atoms with E-state index in [1.165, 1.54) is 19.0 Å². The largest absolute Gasteiger partial charge is 0.352 e. The minimum absolute atomic E-state index is 0.0525. The number of halogens is 1. The van der Waals surface area contributed by atoms with Crippen LogP contribution in [-0.4, -0.2) is 62.2 Å². The van der Waals surface area contributed by atoms with Gasteiger partial charge in [-0.25, -0.2) is 4.31 Å². The minimum Gasteiger partial charge on any atom is -0.352 e. The molecule has 2 amide bonds. The zero-order valence-corrected chi connectivity index (χ0v) is 24.5. The van der Waals surface area contributed by atoms with Crippen LogP contribution in [0, 0.1) is 13.8 Å². The molecule has 0 saturated carbocycles. The molecular weight excluding hydrogens is 544 g/mol. The van der Waals surface area contributed by atoms with Gasteiger partial charge in [-0.2, -0.15) is 12.7 Å². The Labute approximate surface area is 224 Å². The highest BCUT2D eigenvalue weighted by Crippen LogP contribution is 2.26. The average Bonchev–Trinajstić information content (AvgIpc) is 2.81. The van der Waals surface area contributed by atoms with Crippen LogP contribution in [0.15, 0.2) is 46.9 Å². The van der Waals surface area contributed by atoms with Gasteiger partial charge in [0.25, 0.3) is 0 Å². The van der Waals surface area contributed by atoms with Crippen LogP contribution >= 0.6 is 15.9 Å². The zero-order chi connectivity index (χ0) is 27.2. The fourth-order valence-electron chi connectivity index (χ4n) is 3.57. The summed E-state index contributed by atoms with van der Waals surface area (Å²) in [5, 5.41) is 2.93. The lowest BCUT2D eigenvalue weighted by molar-refractivity contribution is -0.139. The number of benzene rings is 2. The first-order valence-corrected chi connectivity index (χ1v) is 14.1. The predicted molar refractivity (Wildman–Crippen MR) is 148 cm³/mol. The van der Waals surface area contributed by atoms with Crippen LogP contribution in [-0.2, 0) is 26.3 Å². The molecule has 0 bridgehead atoms. The van der Waals surface area contributed by atoms with Gasteiger partial charge < -0.3 is 10.2 Å². The molecule has 198 valence electrons. The molecule has 0 heterocycles. The van der Waals surface area contributed by atoms with E-state index in [1.807, 2.05) is 57.2 Å². The van der Waals surface area contributed by atoms with Crippen LogP contribution in [0.5, 0.6) is 0 Å². The monoisotopic (exact) mass is 580 g/mol. The van der Waals surface area contributed by atoms with Gasteiger partial charge in [0.1, 0.15) is 12.6 Å². The number of rotatable bonds is 11. The molecule has 0 spiro atoms. The van der Waals surface area contributed by atoms with Crippen LogP contribution in [0.1, 0.15) is 43.9 Å². The number of amides is 2. The van der Waals surface area contributed by atoms with E-state index < -0.39 is 28.7 Å². The number of carbonyl (C=O) groups is 2. The van der Waals surface area contributed by atoms with E-state index >= 15 is 0 Å². The fourth-order valence-corrected chi connectivity index (χ4v) is 5.13. The Kier molecular flexibility index (Phi) is 10.5. The number of nitrogens with one attached hydrogen (secondary N) is 1. The summed E-state index contributed by atoms with van der Waals surface area (Å²) >= 11 is 3.45. The summed E-state index contributed by atoms with van der Waals surface area (Å²) in [7, 11) is -1.14. The summed E-state index contributed by atoms with van der Waals surface area (Å²) in [5.74, 6) is -0.769. The number of aryl methyl sites for hydroxylation is 2. The van der Waals surface area contributed by atoms with Gasteiger partial charge in [-0.15, -0.1) is 0 Å². The molecule has 0 aliphatic rings. The van der Waals surface area contributed by atoms with E-state index in [1.54, 1.807) is 19.9 Å². The van der Waals surface area contributed by atoms with Crippen molar-refractivity contribution in [2.24, 2.45) is 0 Å². The van der Waals surface area contributed by atoms with Gasteiger partial charge in [-0.05, 0) is 69.0 Å². The van der Waals surface area contributed by atoms with Gasteiger partial charge in [-0.1, -0.05) is 47.1 Å². The van der Waals surface area contributed by atoms with Crippen molar-refractivity contribution in [1.29, 1.82) is 0 Å². The Morgan fingerprint density at radius 2 is 1.72 bits per heavy atom. The Hall–Kier alpha value is -2.43. The molecule has 36 heavy (non-hydrogen) atoms. The van der Waals surface area contributed by atoms with Crippen LogP contribution in [0.25, 0.3) is 0 Å². The molecule has 2 atom stereocenters. The highest BCUT2D eigenvalue weighted by molar-refractivity contribution is 9.10. The fraction of sp³-hybridized carbons (Fsp3) is 0.462. The van der Waals surface area contributed by atoms with Crippen molar-refractivity contribution < 1.29 is 18.0 Å². The average molecular weight is 582 g/mol. The molecule has 0 aliphatic carbocycles. The Balaban J connectivity index is 2.51. The van der Waals surface area contributed by atoms with Gasteiger partial charge in [-0.3, -0.25) is 9.59 Å². The molecule has 0 saturated heterocycles. The van der Waals surface area contributed by atoms with E-state index in [0.29, 0.717) is 5.69 Å². The topological polar surface area (TPSA) is 90.0 Å². The molecule has 10 heteroatoms. The van der Waals surface area contributed by atoms with Crippen LogP contribution in [0.2, 0.25) is 0 Å². The lowest BCUT2D eigenvalue weighted by Gasteiger charge is -2.33. The van der Waals surface area contributed by atoms with Crippen molar-refractivity contribution in [3.63, 3.8) is 0 Å². The zero-order valence-electron chi connectivity index (χ0n) is 22.1. The third-order valence-corrected chi connectivity index (χ3v) is 8.36. The Morgan fingerprint density at radius 1 is 1.06 bits per heavy atom. The Morgan fingerprint density at radius 3 is 2.31 bits per heavy atom. The normalized spacial score (nSPS) is 13.2. The van der Waals surface area contributed by atoms with Crippen molar-refractivity contribution in [2.45, 2.75) is 59.7 Å². The Bertz CT molecular complexity index is 1190. The molecule has 2 aromatic rings. The SMILES string of the molecule is CC[C@H](C)NC(=O)[C@H](C)N(Cc1cccc(Br)c1)C(=O)CN(c1cc(C)ccc1C)S(=O)(=O)N(C)C. The van der Waals surface area contributed by atoms with Crippen LogP contribution in [0.4, 0.5) is 5.69 Å². The maximum absolute atomic E-state index is 13.8. The summed E-state index contributed by atoms with van der Waals surface area (Å²) in [6, 6.07) is 12.1. The van der Waals surface area contributed by atoms with Crippen molar-refractivity contribution in [3.05, 3.63) is 63.6 Å². The molecule has 8 nitrogen and oxygen atoms in total. The van der Waals surface area contributed by atoms with E-state index in [2.05, 4.69) is 21.2 Å². The number of nitrogens with zero attached hydrogens (tertiary/aromatic N) is 3. The summed E-state index contributed by atoms with van der Waals surface area (Å²) in [5.41, 5.74) is 2.83. The summed E-state index contributed by atoms with van der Waals surface area (Å²) in [4.78, 5) is 28.2. The van der Waals surface area contributed by atoms with Crippen molar-refractivity contribution in [2.75, 3.05) is 24.9 Å². The van der Waals surface area contributed by atoms with Gasteiger partial charge in [0, 0.05) is 31.2 Å². The minimum atomic E-state index is -4.00. The van der Waals surface area contributed by atoms with E-state index in [9.17, 15) is 18.0 Å². The highest BCUT2D eigenvalue weighted by Gasteiger charge is 2.33. The smallest absolute Gasteiger partial charge is 0.304 e. The molecule has 0 unspecified atom stereocenters. The first kappa shape index (κ1) is 29.8. The lowest BCUT2D eigenvalue weighted by Crippen LogP contribution is -2.53. The van der Waals surface area contributed by atoms with E-state index in [0.717, 1.165) is 36.2 Å². The highest BCUT2D eigenvalue weighted by atomic mass is 79.9. The van der Waals surface area contributed by atoms with Crippen LogP contribution < -0.4 is 9.62 Å². The molecule has 2 rings (SSSR count). The summed E-state index contributed by atoms with van der Waals surface area (Å²) in [6.45, 7) is 8.91. The first-order valence-electron chi connectivity index (χ1n) is 11.9. The third-order valence-electron chi connectivity index (χ3n) is 6.06. The van der Waals surface area contributed by atoms with Gasteiger partial charge in [0.2, 0.25) is 11.8 Å². The number of carbonyl (C=O) groups excluding carboxylic acids is 2.